The highest BCUT2D eigenvalue weighted by atomic mass is 14.1. The van der Waals surface area contributed by atoms with Gasteiger partial charge in [0.1, 0.15) is 0 Å². The average molecular weight is 381 g/mol. The van der Waals surface area contributed by atoms with E-state index in [1.165, 1.54) is 135 Å². The Kier molecular flexibility index (Phi) is 22.3. The van der Waals surface area contributed by atoms with Gasteiger partial charge in [0.25, 0.3) is 0 Å². The Morgan fingerprint density at radius 1 is 0.333 bits per heavy atom. The first-order valence-corrected chi connectivity index (χ1v) is 13.2. The molecule has 2 atom stereocenters. The molecule has 27 heavy (non-hydrogen) atoms. The van der Waals surface area contributed by atoms with Crippen molar-refractivity contribution in [3.05, 3.63) is 0 Å². The van der Waals surface area contributed by atoms with E-state index in [-0.39, 0.29) is 0 Å². The van der Waals surface area contributed by atoms with Crippen molar-refractivity contribution < 1.29 is 0 Å². The van der Waals surface area contributed by atoms with E-state index >= 15 is 0 Å². The lowest BCUT2D eigenvalue weighted by Crippen LogP contribution is -1.95. The molecular weight excluding hydrogens is 324 g/mol. The van der Waals surface area contributed by atoms with Gasteiger partial charge in [0.15, 0.2) is 0 Å². The van der Waals surface area contributed by atoms with Crippen LogP contribution in [0.15, 0.2) is 0 Å². The summed E-state index contributed by atoms with van der Waals surface area (Å²) in [5.74, 6) is 1.93. The second kappa shape index (κ2) is 22.3. The van der Waals surface area contributed by atoms with Crippen LogP contribution < -0.4 is 0 Å². The van der Waals surface area contributed by atoms with Gasteiger partial charge in [-0.15, -0.1) is 0 Å². The van der Waals surface area contributed by atoms with E-state index in [2.05, 4.69) is 27.7 Å². The standard InChI is InChI=1S/C27H56/c1-5-7-8-9-10-13-17-20-24-27(4)25-21-18-15-12-11-14-16-19-23-26(3)22-6-2/h26-27H,5-25H2,1-4H3. The summed E-state index contributed by atoms with van der Waals surface area (Å²) >= 11 is 0. The van der Waals surface area contributed by atoms with Crippen LogP contribution in [0.1, 0.15) is 163 Å². The van der Waals surface area contributed by atoms with Crippen molar-refractivity contribution in [1.82, 2.24) is 0 Å². The van der Waals surface area contributed by atoms with Gasteiger partial charge in [-0.2, -0.15) is 0 Å². The van der Waals surface area contributed by atoms with Crippen molar-refractivity contribution in [1.29, 1.82) is 0 Å². The van der Waals surface area contributed by atoms with E-state index in [0.717, 1.165) is 11.8 Å². The molecule has 0 N–H and O–H groups in total. The Hall–Kier alpha value is 0. The molecule has 164 valence electrons. The third-order valence-corrected chi connectivity index (χ3v) is 6.48. The first-order valence-electron chi connectivity index (χ1n) is 13.2. The first kappa shape index (κ1) is 27.0. The summed E-state index contributed by atoms with van der Waals surface area (Å²) < 4.78 is 0. The summed E-state index contributed by atoms with van der Waals surface area (Å²) in [5, 5.41) is 0. The molecule has 0 amide bonds. The highest BCUT2D eigenvalue weighted by molar-refractivity contribution is 4.57. The van der Waals surface area contributed by atoms with E-state index in [1.807, 2.05) is 0 Å². The molecule has 0 fully saturated rings. The van der Waals surface area contributed by atoms with Crippen LogP contribution in [0.25, 0.3) is 0 Å². The maximum atomic E-state index is 2.49. The molecule has 0 rings (SSSR count). The van der Waals surface area contributed by atoms with Gasteiger partial charge < -0.3 is 0 Å². The Morgan fingerprint density at radius 2 is 0.630 bits per heavy atom. The second-order valence-corrected chi connectivity index (χ2v) is 9.67. The summed E-state index contributed by atoms with van der Waals surface area (Å²) in [4.78, 5) is 0. The van der Waals surface area contributed by atoms with Gasteiger partial charge in [-0.3, -0.25) is 0 Å². The molecule has 0 nitrogen and oxygen atoms in total. The Balaban J connectivity index is 3.17. The average Bonchev–Trinajstić information content (AvgIpc) is 2.65. The lowest BCUT2D eigenvalue weighted by Gasteiger charge is -2.11. The predicted molar refractivity (Wildman–Crippen MR) is 127 cm³/mol. The predicted octanol–water partition coefficient (Wildman–Crippen LogP) is 10.5. The van der Waals surface area contributed by atoms with E-state index in [1.54, 1.807) is 0 Å². The minimum absolute atomic E-state index is 0.961. The van der Waals surface area contributed by atoms with Crippen LogP contribution in [0.4, 0.5) is 0 Å². The van der Waals surface area contributed by atoms with E-state index in [9.17, 15) is 0 Å². The minimum Gasteiger partial charge on any atom is -0.0654 e. The molecular formula is C27H56. The van der Waals surface area contributed by atoms with Gasteiger partial charge in [0.05, 0.1) is 0 Å². The molecule has 0 aliphatic rings. The third kappa shape index (κ3) is 22.2. The second-order valence-electron chi connectivity index (χ2n) is 9.67. The Morgan fingerprint density at radius 3 is 0.963 bits per heavy atom. The molecule has 0 aromatic rings. The molecule has 0 saturated carbocycles. The van der Waals surface area contributed by atoms with Crippen molar-refractivity contribution in [2.45, 2.75) is 163 Å². The molecule has 0 spiro atoms. The molecule has 0 bridgehead atoms. The Bertz CT molecular complexity index is 257. The van der Waals surface area contributed by atoms with Crippen molar-refractivity contribution in [2.75, 3.05) is 0 Å². The summed E-state index contributed by atoms with van der Waals surface area (Å²) in [6, 6.07) is 0. The highest BCUT2D eigenvalue weighted by Gasteiger charge is 2.03. The summed E-state index contributed by atoms with van der Waals surface area (Å²) in [6.07, 6.45) is 30.7. The third-order valence-electron chi connectivity index (χ3n) is 6.48. The first-order chi connectivity index (χ1) is 13.2. The van der Waals surface area contributed by atoms with Crippen LogP contribution in [-0.2, 0) is 0 Å². The van der Waals surface area contributed by atoms with Crippen LogP contribution in [0.2, 0.25) is 0 Å². The van der Waals surface area contributed by atoms with Gasteiger partial charge in [0, 0.05) is 0 Å². The lowest BCUT2D eigenvalue weighted by molar-refractivity contribution is 0.428. The summed E-state index contributed by atoms with van der Waals surface area (Å²) in [6.45, 7) is 9.53. The molecule has 2 unspecified atom stereocenters. The van der Waals surface area contributed by atoms with E-state index < -0.39 is 0 Å². The molecule has 0 heteroatoms. The number of rotatable bonds is 22. The molecule has 0 aliphatic carbocycles. The van der Waals surface area contributed by atoms with Crippen LogP contribution >= 0.6 is 0 Å². The lowest BCUT2D eigenvalue weighted by atomic mass is 9.95. The fourth-order valence-corrected chi connectivity index (χ4v) is 4.45. The van der Waals surface area contributed by atoms with Crippen LogP contribution in [0.5, 0.6) is 0 Å². The van der Waals surface area contributed by atoms with Gasteiger partial charge in [-0.1, -0.05) is 163 Å². The maximum Gasteiger partial charge on any atom is -0.0443 e. The molecule has 0 aromatic heterocycles. The quantitative estimate of drug-likeness (QED) is 0.164. The monoisotopic (exact) mass is 380 g/mol. The normalized spacial score (nSPS) is 13.8. The topological polar surface area (TPSA) is 0 Å². The maximum absolute atomic E-state index is 2.49. The molecule has 0 heterocycles. The minimum atomic E-state index is 0.961. The number of unbranched alkanes of at least 4 members (excludes halogenated alkanes) is 14. The molecule has 0 aliphatic heterocycles. The molecule has 0 aromatic carbocycles. The zero-order valence-electron chi connectivity index (χ0n) is 20.0. The fraction of sp³-hybridized carbons (Fsp3) is 1.00. The summed E-state index contributed by atoms with van der Waals surface area (Å²) in [7, 11) is 0. The zero-order valence-corrected chi connectivity index (χ0v) is 20.0. The van der Waals surface area contributed by atoms with Gasteiger partial charge in [-0.05, 0) is 11.8 Å². The van der Waals surface area contributed by atoms with Gasteiger partial charge in [0.2, 0.25) is 0 Å². The van der Waals surface area contributed by atoms with E-state index in [0.29, 0.717) is 0 Å². The van der Waals surface area contributed by atoms with Crippen molar-refractivity contribution in [3.8, 4) is 0 Å². The summed E-state index contributed by atoms with van der Waals surface area (Å²) in [5.41, 5.74) is 0. The zero-order chi connectivity index (χ0) is 20.0. The smallest absolute Gasteiger partial charge is 0.0443 e. The highest BCUT2D eigenvalue weighted by Crippen LogP contribution is 2.19. The largest absolute Gasteiger partial charge is 0.0654 e. The molecule has 0 saturated heterocycles. The SMILES string of the molecule is CCCCCCCCCCC(C)CCCCCCCCCCC(C)CCC. The van der Waals surface area contributed by atoms with Crippen molar-refractivity contribution >= 4 is 0 Å². The molecule has 0 radical (unpaired) electrons. The van der Waals surface area contributed by atoms with Crippen LogP contribution in [0, 0.1) is 11.8 Å². The van der Waals surface area contributed by atoms with E-state index in [4.69, 9.17) is 0 Å². The van der Waals surface area contributed by atoms with Crippen LogP contribution in [0.3, 0.4) is 0 Å². The van der Waals surface area contributed by atoms with Gasteiger partial charge >= 0.3 is 0 Å². The van der Waals surface area contributed by atoms with Crippen molar-refractivity contribution in [3.63, 3.8) is 0 Å². The van der Waals surface area contributed by atoms with Crippen LogP contribution in [-0.4, -0.2) is 0 Å². The number of hydrogen-bond donors (Lipinski definition) is 0. The Labute approximate surface area is 174 Å². The van der Waals surface area contributed by atoms with Gasteiger partial charge in [-0.25, -0.2) is 0 Å². The fourth-order valence-electron chi connectivity index (χ4n) is 4.45. The number of hydrogen-bond acceptors (Lipinski definition) is 0. The van der Waals surface area contributed by atoms with Crippen molar-refractivity contribution in [2.24, 2.45) is 11.8 Å².